The first-order chi connectivity index (χ1) is 14.0. The zero-order chi connectivity index (χ0) is 21.9. The molecule has 0 saturated carbocycles. The number of piperidine rings is 1. The van der Waals surface area contributed by atoms with Crippen LogP contribution in [0, 0.1) is 12.8 Å². The van der Waals surface area contributed by atoms with Gasteiger partial charge in [0.15, 0.2) is 0 Å². The Labute approximate surface area is 182 Å². The van der Waals surface area contributed by atoms with E-state index in [0.717, 1.165) is 31.7 Å². The van der Waals surface area contributed by atoms with Crippen molar-refractivity contribution < 1.29 is 9.22 Å². The fraction of sp³-hybridized carbons (Fsp3) is 0.500. The molecule has 0 atom stereocenters. The Morgan fingerprint density at radius 3 is 2.27 bits per heavy atom. The maximum absolute atomic E-state index is 12.7. The molecular weight excluding hydrogens is 390 g/mol. The zero-order valence-electron chi connectivity index (χ0n) is 19.2. The Bertz CT molecular complexity index is 850. The number of carbonyl (C=O) groups excluding carboxylic acids is 1. The van der Waals surface area contributed by atoms with E-state index in [1.165, 1.54) is 11.3 Å². The summed E-state index contributed by atoms with van der Waals surface area (Å²) in [4.78, 5) is 19.5. The van der Waals surface area contributed by atoms with E-state index in [-0.39, 0.29) is 16.9 Å². The minimum Gasteiger partial charge on any atom is -0.542 e. The summed E-state index contributed by atoms with van der Waals surface area (Å²) in [6.45, 7) is 15.0. The molecule has 1 aromatic heterocycles. The maximum Gasteiger partial charge on any atom is 0.250 e. The average molecular weight is 426 g/mol. The van der Waals surface area contributed by atoms with Gasteiger partial charge < -0.3 is 14.6 Å². The Morgan fingerprint density at radius 2 is 1.73 bits per heavy atom. The number of carbonyl (C=O) groups is 1. The number of amides is 1. The average Bonchev–Trinajstić information content (AvgIpc) is 2.69. The molecule has 1 aromatic carbocycles. The van der Waals surface area contributed by atoms with Crippen molar-refractivity contribution in [2.24, 2.45) is 5.92 Å². The van der Waals surface area contributed by atoms with E-state index >= 15 is 0 Å². The van der Waals surface area contributed by atoms with Crippen LogP contribution in [0.2, 0.25) is 18.1 Å². The fourth-order valence-electron chi connectivity index (χ4n) is 3.35. The van der Waals surface area contributed by atoms with Crippen molar-refractivity contribution in [3.05, 3.63) is 48.2 Å². The maximum atomic E-state index is 12.7. The number of rotatable bonds is 5. The van der Waals surface area contributed by atoms with E-state index < -0.39 is 8.32 Å². The second-order valence-corrected chi connectivity index (χ2v) is 14.6. The molecule has 30 heavy (non-hydrogen) atoms. The lowest BCUT2D eigenvalue weighted by atomic mass is 9.95. The van der Waals surface area contributed by atoms with E-state index in [0.29, 0.717) is 5.82 Å². The highest BCUT2D eigenvalue weighted by Gasteiger charge is 2.39. The van der Waals surface area contributed by atoms with Gasteiger partial charge in [-0.1, -0.05) is 38.5 Å². The first-order valence-electron chi connectivity index (χ1n) is 10.8. The van der Waals surface area contributed by atoms with Crippen LogP contribution >= 0.6 is 0 Å². The highest BCUT2D eigenvalue weighted by Crippen LogP contribution is 2.37. The van der Waals surface area contributed by atoms with Crippen LogP contribution in [0.15, 0.2) is 42.6 Å². The zero-order valence-corrected chi connectivity index (χ0v) is 20.2. The van der Waals surface area contributed by atoms with Crippen LogP contribution in [0.25, 0.3) is 0 Å². The third kappa shape index (κ3) is 5.42. The highest BCUT2D eigenvalue weighted by atomic mass is 28.4. The predicted octanol–water partition coefficient (Wildman–Crippen LogP) is 5.63. The highest BCUT2D eigenvalue weighted by molar-refractivity contribution is 6.74. The lowest BCUT2D eigenvalue weighted by Gasteiger charge is -2.36. The summed E-state index contributed by atoms with van der Waals surface area (Å²) in [5, 5.41) is 3.11. The minimum absolute atomic E-state index is 0.0247. The number of hydrogen-bond acceptors (Lipinski definition) is 4. The third-order valence-corrected chi connectivity index (χ3v) is 10.8. The predicted molar refractivity (Wildman–Crippen MR) is 127 cm³/mol. The summed E-state index contributed by atoms with van der Waals surface area (Å²) in [5.74, 6) is 1.44. The van der Waals surface area contributed by atoms with Gasteiger partial charge in [0.25, 0.3) is 8.32 Å². The summed E-state index contributed by atoms with van der Waals surface area (Å²) < 4.78 is 6.26. The molecule has 2 heterocycles. The van der Waals surface area contributed by atoms with Crippen LogP contribution in [-0.2, 0) is 4.79 Å². The van der Waals surface area contributed by atoms with Crippen LogP contribution in [-0.4, -0.2) is 32.3 Å². The third-order valence-electron chi connectivity index (χ3n) is 6.43. The molecule has 0 aliphatic carbocycles. The lowest BCUT2D eigenvalue weighted by molar-refractivity contribution is -0.120. The number of benzene rings is 1. The van der Waals surface area contributed by atoms with E-state index in [4.69, 9.17) is 4.43 Å². The second-order valence-electron chi connectivity index (χ2n) is 9.83. The quantitative estimate of drug-likeness (QED) is 0.631. The van der Waals surface area contributed by atoms with E-state index in [9.17, 15) is 4.79 Å². The topological polar surface area (TPSA) is 54.5 Å². The van der Waals surface area contributed by atoms with E-state index in [2.05, 4.69) is 80.3 Å². The summed E-state index contributed by atoms with van der Waals surface area (Å²) in [6, 6.07) is 12.3. The van der Waals surface area contributed by atoms with Crippen LogP contribution in [0.5, 0.6) is 5.75 Å². The molecule has 0 radical (unpaired) electrons. The molecular formula is C24H35N3O2Si. The molecule has 2 aromatic rings. The van der Waals surface area contributed by atoms with Gasteiger partial charge in [0.1, 0.15) is 11.6 Å². The van der Waals surface area contributed by atoms with Gasteiger partial charge in [0, 0.05) is 24.7 Å². The standard InChI is InChI=1S/C24H35N3O2Si/c1-18-7-9-20(10-8-18)27-15-13-19(14-16-27)23(28)26-22-12-11-21(17-25-22)29-30(5,6)24(2,3)4/h7-12,17,19H,13-16H2,1-6H3,(H,25,26,28). The molecule has 1 N–H and O–H groups in total. The lowest BCUT2D eigenvalue weighted by Crippen LogP contribution is -2.43. The summed E-state index contributed by atoms with van der Waals surface area (Å²) in [5.41, 5.74) is 2.50. The first kappa shape index (κ1) is 22.3. The SMILES string of the molecule is Cc1ccc(N2CCC(C(=O)Nc3ccc(O[Si](C)(C)C(C)(C)C)cn3)CC2)cc1. The van der Waals surface area contributed by atoms with E-state index in [1.54, 1.807) is 6.20 Å². The van der Waals surface area contributed by atoms with Crippen LogP contribution in [0.1, 0.15) is 39.2 Å². The Hall–Kier alpha value is -2.34. The van der Waals surface area contributed by atoms with Gasteiger partial charge in [0.2, 0.25) is 5.91 Å². The molecule has 1 aliphatic rings. The van der Waals surface area contributed by atoms with Crippen molar-refractivity contribution in [2.45, 2.75) is 58.7 Å². The molecule has 6 heteroatoms. The van der Waals surface area contributed by atoms with Gasteiger partial charge in [-0.3, -0.25) is 4.79 Å². The first-order valence-corrected chi connectivity index (χ1v) is 13.7. The number of aromatic nitrogens is 1. The van der Waals surface area contributed by atoms with Gasteiger partial charge in [0.05, 0.1) is 6.20 Å². The number of aryl methyl sites for hydroxylation is 1. The Kier molecular flexibility index (Phi) is 6.55. The van der Waals surface area contributed by atoms with E-state index in [1.807, 2.05) is 12.1 Å². The Morgan fingerprint density at radius 1 is 1.10 bits per heavy atom. The molecule has 1 aliphatic heterocycles. The number of nitrogens with one attached hydrogen (secondary N) is 1. The van der Waals surface area contributed by atoms with Crippen LogP contribution < -0.4 is 14.6 Å². The monoisotopic (exact) mass is 425 g/mol. The van der Waals surface area contributed by atoms with Crippen molar-refractivity contribution >= 4 is 25.7 Å². The summed E-state index contributed by atoms with van der Waals surface area (Å²) in [7, 11) is -1.89. The smallest absolute Gasteiger partial charge is 0.250 e. The fourth-order valence-corrected chi connectivity index (χ4v) is 4.36. The van der Waals surface area contributed by atoms with Gasteiger partial charge >= 0.3 is 0 Å². The van der Waals surface area contributed by atoms with Crippen molar-refractivity contribution in [1.82, 2.24) is 4.98 Å². The number of hydrogen-bond donors (Lipinski definition) is 1. The van der Waals surface area contributed by atoms with Crippen molar-refractivity contribution in [3.63, 3.8) is 0 Å². The van der Waals surface area contributed by atoms with Gasteiger partial charge in [-0.15, -0.1) is 0 Å². The number of pyridine rings is 1. The normalized spacial score (nSPS) is 15.7. The summed E-state index contributed by atoms with van der Waals surface area (Å²) >= 11 is 0. The van der Waals surface area contributed by atoms with Gasteiger partial charge in [-0.25, -0.2) is 4.98 Å². The molecule has 5 nitrogen and oxygen atoms in total. The Balaban J connectivity index is 1.52. The molecule has 1 amide bonds. The molecule has 0 spiro atoms. The molecule has 1 fully saturated rings. The molecule has 3 rings (SSSR count). The molecule has 0 unspecified atom stereocenters. The van der Waals surface area contributed by atoms with Crippen molar-refractivity contribution in [2.75, 3.05) is 23.3 Å². The van der Waals surface area contributed by atoms with Crippen molar-refractivity contribution in [1.29, 1.82) is 0 Å². The van der Waals surface area contributed by atoms with Crippen LogP contribution in [0.3, 0.4) is 0 Å². The molecule has 1 saturated heterocycles. The summed E-state index contributed by atoms with van der Waals surface area (Å²) in [6.07, 6.45) is 3.43. The number of nitrogens with zero attached hydrogens (tertiary/aromatic N) is 2. The van der Waals surface area contributed by atoms with Gasteiger partial charge in [-0.05, 0) is 62.2 Å². The van der Waals surface area contributed by atoms with Gasteiger partial charge in [-0.2, -0.15) is 0 Å². The molecule has 162 valence electrons. The van der Waals surface area contributed by atoms with Crippen LogP contribution in [0.4, 0.5) is 11.5 Å². The number of anilines is 2. The molecule has 0 bridgehead atoms. The minimum atomic E-state index is -1.89. The second kappa shape index (κ2) is 8.80. The van der Waals surface area contributed by atoms with Crippen molar-refractivity contribution in [3.8, 4) is 5.75 Å². The largest absolute Gasteiger partial charge is 0.542 e.